The summed E-state index contributed by atoms with van der Waals surface area (Å²) in [5.41, 5.74) is 3.65. The first-order chi connectivity index (χ1) is 16.7. The van der Waals surface area contributed by atoms with Gasteiger partial charge in [-0.15, -0.1) is 10.8 Å². The molecule has 35 heavy (non-hydrogen) atoms. The minimum atomic E-state index is -3.12. The van der Waals surface area contributed by atoms with E-state index in [9.17, 15) is 13.9 Å². The maximum Gasteiger partial charge on any atom is 0.219 e. The predicted molar refractivity (Wildman–Crippen MR) is 142 cm³/mol. The van der Waals surface area contributed by atoms with Gasteiger partial charge in [-0.05, 0) is 18.2 Å². The van der Waals surface area contributed by atoms with E-state index in [0.29, 0.717) is 47.6 Å². The fraction of sp³-hybridized carbons (Fsp3) is 0.333. The van der Waals surface area contributed by atoms with E-state index in [0.717, 1.165) is 17.0 Å². The molecule has 1 unspecified atom stereocenters. The molecule has 2 aliphatic heterocycles. The number of halogens is 2. The van der Waals surface area contributed by atoms with Crippen molar-refractivity contribution in [3.05, 3.63) is 64.3 Å². The molecular weight excluding hydrogens is 509 g/mol. The fourth-order valence-corrected chi connectivity index (χ4v) is 6.80. The number of carbonyl (C=O) groups excluding carboxylic acids is 1. The molecular formula is C24H27Cl2N5O3S. The molecule has 186 valence electrons. The van der Waals surface area contributed by atoms with Gasteiger partial charge in [0.25, 0.3) is 0 Å². The lowest BCUT2D eigenvalue weighted by molar-refractivity contribution is -0.130. The summed E-state index contributed by atoms with van der Waals surface area (Å²) >= 11 is 12.8. The Hall–Kier alpha value is -2.27. The van der Waals surface area contributed by atoms with E-state index in [-0.39, 0.29) is 17.7 Å². The fourth-order valence-electron chi connectivity index (χ4n) is 4.82. The normalized spacial score (nSPS) is 21.0. The molecule has 2 aliphatic rings. The van der Waals surface area contributed by atoms with E-state index in [4.69, 9.17) is 28.3 Å². The largest absolute Gasteiger partial charge is 0.340 e. The molecule has 1 amide bonds. The number of piperazine rings is 1. The molecule has 3 aromatic rings. The quantitative estimate of drug-likeness (QED) is 0.481. The number of rotatable bonds is 3. The molecule has 0 radical (unpaired) electrons. The second-order valence-corrected chi connectivity index (χ2v) is 11.8. The monoisotopic (exact) mass is 535 g/mol. The molecule has 3 heterocycles. The lowest BCUT2D eigenvalue weighted by atomic mass is 10.1. The second-order valence-electron chi connectivity index (χ2n) is 8.81. The zero-order chi connectivity index (χ0) is 24.9. The van der Waals surface area contributed by atoms with Crippen LogP contribution in [0.4, 0.5) is 5.69 Å². The van der Waals surface area contributed by atoms with Crippen LogP contribution in [-0.2, 0) is 4.79 Å². The van der Waals surface area contributed by atoms with Gasteiger partial charge in [0.05, 0.1) is 28.2 Å². The molecule has 1 aromatic heterocycles. The maximum absolute atomic E-state index is 11.8. The summed E-state index contributed by atoms with van der Waals surface area (Å²) in [5, 5.41) is 5.99. The van der Waals surface area contributed by atoms with E-state index >= 15 is 0 Å². The van der Waals surface area contributed by atoms with Gasteiger partial charge in [-0.1, -0.05) is 53.5 Å². The van der Waals surface area contributed by atoms with Gasteiger partial charge < -0.3 is 4.90 Å². The average molecular weight is 536 g/mol. The third-order valence-corrected chi connectivity index (χ3v) is 9.08. The number of nitrogens with zero attached hydrogens (tertiary/aromatic N) is 5. The topological polar surface area (TPSA) is 85.1 Å². The number of amides is 1. The van der Waals surface area contributed by atoms with Crippen LogP contribution in [0, 0.1) is 0 Å². The molecule has 0 saturated carbocycles. The third kappa shape index (κ3) is 4.41. The summed E-state index contributed by atoms with van der Waals surface area (Å²) in [7, 11) is -1.42. The summed E-state index contributed by atoms with van der Waals surface area (Å²) in [4.78, 5) is 15.8. The van der Waals surface area contributed by atoms with Crippen molar-refractivity contribution >= 4 is 45.6 Å². The highest BCUT2D eigenvalue weighted by molar-refractivity contribution is 8.25. The predicted octanol–water partition coefficient (Wildman–Crippen LogP) is 5.17. The van der Waals surface area contributed by atoms with Crippen molar-refractivity contribution < 1.29 is 13.9 Å². The highest BCUT2D eigenvalue weighted by Crippen LogP contribution is 2.58. The van der Waals surface area contributed by atoms with Crippen molar-refractivity contribution in [1.82, 2.24) is 19.6 Å². The Morgan fingerprint density at radius 1 is 1.06 bits per heavy atom. The molecule has 1 atom stereocenters. The average Bonchev–Trinajstić information content (AvgIpc) is 3.22. The molecule has 0 bridgehead atoms. The van der Waals surface area contributed by atoms with Crippen LogP contribution in [0.3, 0.4) is 0 Å². The Kier molecular flexibility index (Phi) is 6.50. The summed E-state index contributed by atoms with van der Waals surface area (Å²) < 4.78 is 25.7. The Labute approximate surface area is 216 Å². The van der Waals surface area contributed by atoms with Crippen LogP contribution in [0.15, 0.2) is 48.5 Å². The standard InChI is InChI=1S/C24H27Cl2N5O3S/c1-16(32)29-10-12-30(13-11-29)21-15-35(33,34)28(2)24-22(21)27-31(20-9-8-18(25)14-19(20)26)23(24)17-6-4-3-5-7-17/h3-9,14,21,33-34H,10-13,15H2,1-2H3. The SMILES string of the molecule is CC(=O)N1CCN(C2CS(O)(O)N(C)c3c2nn(-c2ccc(Cl)cc2Cl)c3-c2ccccc2)CC1. The van der Waals surface area contributed by atoms with E-state index < -0.39 is 10.8 Å². The van der Waals surface area contributed by atoms with Crippen molar-refractivity contribution in [2.45, 2.75) is 13.0 Å². The number of anilines is 1. The third-order valence-electron chi connectivity index (χ3n) is 6.72. The van der Waals surface area contributed by atoms with Crippen LogP contribution in [0.5, 0.6) is 0 Å². The molecule has 8 nitrogen and oxygen atoms in total. The van der Waals surface area contributed by atoms with Crippen LogP contribution in [0.25, 0.3) is 16.9 Å². The van der Waals surface area contributed by atoms with Crippen LogP contribution in [-0.4, -0.2) is 73.6 Å². The Bertz CT molecular complexity index is 1260. The van der Waals surface area contributed by atoms with Gasteiger partial charge in [0.15, 0.2) is 0 Å². The molecule has 0 aliphatic carbocycles. The van der Waals surface area contributed by atoms with Crippen LogP contribution < -0.4 is 4.31 Å². The molecule has 2 aromatic carbocycles. The van der Waals surface area contributed by atoms with Crippen molar-refractivity contribution in [3.8, 4) is 16.9 Å². The first kappa shape index (κ1) is 24.4. The second kappa shape index (κ2) is 9.31. The zero-order valence-corrected chi connectivity index (χ0v) is 21.8. The van der Waals surface area contributed by atoms with E-state index in [1.54, 1.807) is 35.1 Å². The molecule has 0 spiro atoms. The highest BCUT2D eigenvalue weighted by Gasteiger charge is 2.43. The Morgan fingerprint density at radius 2 is 1.74 bits per heavy atom. The Balaban J connectivity index is 1.69. The minimum absolute atomic E-state index is 0.0472. The zero-order valence-electron chi connectivity index (χ0n) is 19.4. The lowest BCUT2D eigenvalue weighted by Crippen LogP contribution is -2.51. The summed E-state index contributed by atoms with van der Waals surface area (Å²) in [6.07, 6.45) is 0. The maximum atomic E-state index is 11.8. The van der Waals surface area contributed by atoms with Gasteiger partial charge in [0, 0.05) is 50.7 Å². The summed E-state index contributed by atoms with van der Waals surface area (Å²) in [6, 6.07) is 14.6. The van der Waals surface area contributed by atoms with Crippen molar-refractivity contribution in [2.75, 3.05) is 43.3 Å². The van der Waals surface area contributed by atoms with Crippen molar-refractivity contribution in [2.24, 2.45) is 0 Å². The molecule has 5 rings (SSSR count). The van der Waals surface area contributed by atoms with Crippen LogP contribution >= 0.6 is 34.0 Å². The van der Waals surface area contributed by atoms with Gasteiger partial charge >= 0.3 is 0 Å². The molecule has 1 fully saturated rings. The van der Waals surface area contributed by atoms with Crippen molar-refractivity contribution in [1.29, 1.82) is 0 Å². The van der Waals surface area contributed by atoms with Gasteiger partial charge in [-0.2, -0.15) is 5.10 Å². The smallest absolute Gasteiger partial charge is 0.219 e. The van der Waals surface area contributed by atoms with E-state index in [1.165, 1.54) is 0 Å². The van der Waals surface area contributed by atoms with Crippen LogP contribution in [0.2, 0.25) is 10.0 Å². The molecule has 2 N–H and O–H groups in total. The number of hydrogen-bond donors (Lipinski definition) is 2. The molecule has 11 heteroatoms. The minimum Gasteiger partial charge on any atom is -0.340 e. The van der Waals surface area contributed by atoms with E-state index in [1.807, 2.05) is 41.3 Å². The van der Waals surface area contributed by atoms with E-state index in [2.05, 4.69) is 4.90 Å². The van der Waals surface area contributed by atoms with Gasteiger partial charge in [0.1, 0.15) is 11.4 Å². The number of hydrogen-bond acceptors (Lipinski definition) is 6. The number of fused-ring (bicyclic) bond motifs is 1. The van der Waals surface area contributed by atoms with Gasteiger partial charge in [0.2, 0.25) is 5.91 Å². The number of aromatic nitrogens is 2. The summed E-state index contributed by atoms with van der Waals surface area (Å²) in [5.74, 6) is 0.182. The lowest BCUT2D eigenvalue weighted by Gasteiger charge is -2.50. The first-order valence-electron chi connectivity index (χ1n) is 11.3. The van der Waals surface area contributed by atoms with Crippen LogP contribution in [0.1, 0.15) is 18.7 Å². The number of carbonyl (C=O) groups is 1. The first-order valence-corrected chi connectivity index (χ1v) is 13.7. The van der Waals surface area contributed by atoms with Gasteiger partial charge in [-0.3, -0.25) is 23.1 Å². The molecule has 1 saturated heterocycles. The highest BCUT2D eigenvalue weighted by atomic mass is 35.5. The number of benzene rings is 2. The Morgan fingerprint density at radius 3 is 2.37 bits per heavy atom. The summed E-state index contributed by atoms with van der Waals surface area (Å²) in [6.45, 7) is 4.00. The van der Waals surface area contributed by atoms with Crippen molar-refractivity contribution in [3.63, 3.8) is 0 Å². The van der Waals surface area contributed by atoms with Gasteiger partial charge in [-0.25, -0.2) is 4.68 Å².